The first-order valence-electron chi connectivity index (χ1n) is 14.6. The van der Waals surface area contributed by atoms with Crippen molar-refractivity contribution in [2.45, 2.75) is 69.7 Å². The summed E-state index contributed by atoms with van der Waals surface area (Å²) in [4.78, 5) is 25.7. The average molecular weight is 623 g/mol. The van der Waals surface area contributed by atoms with Gasteiger partial charge in [-0.15, -0.1) is 0 Å². The number of aliphatic hydroxyl groups is 2. The molecule has 240 valence electrons. The predicted octanol–water partition coefficient (Wildman–Crippen LogP) is 3.43. The lowest BCUT2D eigenvalue weighted by Gasteiger charge is -2.38. The number of aliphatic hydroxyl groups excluding tert-OH is 2. The molecule has 1 saturated heterocycles. The largest absolute Gasteiger partial charge is 0.508 e. The summed E-state index contributed by atoms with van der Waals surface area (Å²) in [5, 5.41) is 59.8. The highest BCUT2D eigenvalue weighted by Crippen LogP contribution is 2.27. The number of rotatable bonds is 13. The second kappa shape index (κ2) is 15.5. The molecule has 0 saturated carbocycles. The number of ether oxygens (including phenoxy) is 3. The number of esters is 1. The van der Waals surface area contributed by atoms with Gasteiger partial charge in [0.1, 0.15) is 29.5 Å². The van der Waals surface area contributed by atoms with Crippen molar-refractivity contribution in [3.8, 4) is 23.0 Å². The van der Waals surface area contributed by atoms with Crippen LogP contribution >= 0.6 is 0 Å². The third-order valence-corrected chi connectivity index (χ3v) is 7.53. The SMILES string of the molecule is Cc1ccc(CC[C@@H](CC(=O)CCc2ccc(O)c(O)c2)OC2OCC(O)C(O)C2OC(=O)/C=C/c2ccc(O)cc2)cc1O. The van der Waals surface area contributed by atoms with Crippen LogP contribution in [0, 0.1) is 6.92 Å². The molecule has 5 atom stereocenters. The van der Waals surface area contributed by atoms with E-state index in [0.717, 1.165) is 11.6 Å². The maximum Gasteiger partial charge on any atom is 0.331 e. The van der Waals surface area contributed by atoms with Crippen LogP contribution in [0.2, 0.25) is 0 Å². The maximum atomic E-state index is 13.1. The number of phenolic OH excluding ortho intramolecular Hbond substituents is 4. The van der Waals surface area contributed by atoms with E-state index in [-0.39, 0.29) is 48.2 Å². The predicted molar refractivity (Wildman–Crippen MR) is 163 cm³/mol. The van der Waals surface area contributed by atoms with E-state index in [1.165, 1.54) is 30.3 Å². The van der Waals surface area contributed by atoms with Crippen molar-refractivity contribution in [1.29, 1.82) is 0 Å². The molecule has 45 heavy (non-hydrogen) atoms. The molecular weight excluding hydrogens is 584 g/mol. The lowest BCUT2D eigenvalue weighted by atomic mass is 9.98. The summed E-state index contributed by atoms with van der Waals surface area (Å²) in [5.41, 5.74) is 2.79. The third-order valence-electron chi connectivity index (χ3n) is 7.53. The standard InChI is InChI=1S/C34H38O11/c1-20-2-3-22(16-28(20)38)7-13-26(18-25(36)12-6-23-8-14-27(37)29(39)17-23)44-34-33(32(42)30(40)19-43-34)45-31(41)15-9-21-4-10-24(35)11-5-21/h2-5,8-11,14-17,26,30,32-35,37-40,42H,6-7,12-13,18-19H2,1H3/b15-9+/t26-,30?,32?,33?,34?/m0/s1. The fraction of sp³-hybridized carbons (Fsp3) is 0.353. The van der Waals surface area contributed by atoms with Crippen LogP contribution in [-0.2, 0) is 36.6 Å². The van der Waals surface area contributed by atoms with Gasteiger partial charge in [0.05, 0.1) is 12.7 Å². The minimum atomic E-state index is -1.53. The minimum absolute atomic E-state index is 0.0537. The van der Waals surface area contributed by atoms with E-state index in [0.29, 0.717) is 36.0 Å². The Labute approximate surface area is 260 Å². The molecule has 6 N–H and O–H groups in total. The van der Waals surface area contributed by atoms with E-state index < -0.39 is 36.7 Å². The van der Waals surface area contributed by atoms with Crippen LogP contribution in [0.15, 0.2) is 66.7 Å². The molecule has 0 aliphatic carbocycles. The molecule has 3 aromatic carbocycles. The molecule has 0 amide bonds. The second-order valence-corrected chi connectivity index (χ2v) is 11.1. The Morgan fingerprint density at radius 3 is 2.31 bits per heavy atom. The van der Waals surface area contributed by atoms with Crippen LogP contribution in [0.5, 0.6) is 23.0 Å². The number of hydrogen-bond donors (Lipinski definition) is 6. The quantitative estimate of drug-likeness (QED) is 0.0933. The monoisotopic (exact) mass is 622 g/mol. The van der Waals surface area contributed by atoms with Crippen LogP contribution in [0.4, 0.5) is 0 Å². The molecule has 0 radical (unpaired) electrons. The molecule has 0 spiro atoms. The maximum absolute atomic E-state index is 13.1. The molecule has 4 unspecified atom stereocenters. The summed E-state index contributed by atoms with van der Waals surface area (Å²) in [6.45, 7) is 1.49. The number of phenols is 4. The number of carbonyl (C=O) groups is 2. The van der Waals surface area contributed by atoms with Gasteiger partial charge >= 0.3 is 5.97 Å². The molecule has 1 aliphatic rings. The van der Waals surface area contributed by atoms with Crippen molar-refractivity contribution in [3.05, 3.63) is 89.0 Å². The summed E-state index contributed by atoms with van der Waals surface area (Å²) in [7, 11) is 0. The van der Waals surface area contributed by atoms with Crippen molar-refractivity contribution in [2.24, 2.45) is 0 Å². The van der Waals surface area contributed by atoms with Gasteiger partial charge in [-0.1, -0.05) is 30.3 Å². The molecule has 4 rings (SSSR count). The van der Waals surface area contributed by atoms with Crippen LogP contribution < -0.4 is 0 Å². The zero-order chi connectivity index (χ0) is 32.5. The molecule has 1 fully saturated rings. The molecule has 1 heterocycles. The van der Waals surface area contributed by atoms with Gasteiger partial charge in [-0.3, -0.25) is 4.79 Å². The minimum Gasteiger partial charge on any atom is -0.508 e. The Kier molecular flexibility index (Phi) is 11.6. The van der Waals surface area contributed by atoms with Gasteiger partial charge in [0.15, 0.2) is 23.9 Å². The molecule has 11 heteroatoms. The van der Waals surface area contributed by atoms with Crippen LogP contribution in [0.1, 0.15) is 41.5 Å². The zero-order valence-electron chi connectivity index (χ0n) is 24.8. The number of ketones is 1. The van der Waals surface area contributed by atoms with Gasteiger partial charge in [-0.25, -0.2) is 4.79 Å². The topological polar surface area (TPSA) is 183 Å². The van der Waals surface area contributed by atoms with Crippen molar-refractivity contribution >= 4 is 17.8 Å². The van der Waals surface area contributed by atoms with Gasteiger partial charge in [-0.2, -0.15) is 0 Å². The number of benzene rings is 3. The van der Waals surface area contributed by atoms with E-state index in [9.17, 15) is 40.2 Å². The summed E-state index contributed by atoms with van der Waals surface area (Å²) in [5.74, 6) is -1.33. The summed E-state index contributed by atoms with van der Waals surface area (Å²) in [6.07, 6.45) is -2.64. The molecule has 0 bridgehead atoms. The van der Waals surface area contributed by atoms with Crippen molar-refractivity contribution in [3.63, 3.8) is 0 Å². The lowest BCUT2D eigenvalue weighted by Crippen LogP contribution is -2.56. The Morgan fingerprint density at radius 1 is 0.911 bits per heavy atom. The molecule has 11 nitrogen and oxygen atoms in total. The number of aromatic hydroxyl groups is 4. The van der Waals surface area contributed by atoms with Crippen LogP contribution in [0.25, 0.3) is 6.08 Å². The first-order valence-corrected chi connectivity index (χ1v) is 14.6. The van der Waals surface area contributed by atoms with E-state index in [1.807, 2.05) is 6.07 Å². The van der Waals surface area contributed by atoms with Gasteiger partial charge < -0.3 is 44.8 Å². The van der Waals surface area contributed by atoms with E-state index in [4.69, 9.17) is 14.2 Å². The molecule has 1 aliphatic heterocycles. The summed E-state index contributed by atoms with van der Waals surface area (Å²) < 4.78 is 17.3. The smallest absolute Gasteiger partial charge is 0.331 e. The van der Waals surface area contributed by atoms with Gasteiger partial charge in [-0.05, 0) is 84.8 Å². The molecule has 3 aromatic rings. The number of Topliss-reactive ketones (excluding diaryl/α,β-unsaturated/α-hetero) is 1. The van der Waals surface area contributed by atoms with Crippen molar-refractivity contribution in [2.75, 3.05) is 6.61 Å². The summed E-state index contributed by atoms with van der Waals surface area (Å²) in [6, 6.07) is 15.7. The van der Waals surface area contributed by atoms with Gasteiger partial charge in [0.25, 0.3) is 0 Å². The van der Waals surface area contributed by atoms with Crippen molar-refractivity contribution < 1.29 is 54.4 Å². The van der Waals surface area contributed by atoms with Crippen LogP contribution in [0.3, 0.4) is 0 Å². The first-order chi connectivity index (χ1) is 21.5. The molecular formula is C34H38O11. The summed E-state index contributed by atoms with van der Waals surface area (Å²) >= 11 is 0. The highest BCUT2D eigenvalue weighted by atomic mass is 16.7. The lowest BCUT2D eigenvalue weighted by molar-refractivity contribution is -0.286. The average Bonchev–Trinajstić information content (AvgIpc) is 3.01. The zero-order valence-corrected chi connectivity index (χ0v) is 24.8. The van der Waals surface area contributed by atoms with Crippen molar-refractivity contribution in [1.82, 2.24) is 0 Å². The van der Waals surface area contributed by atoms with E-state index in [1.54, 1.807) is 37.3 Å². The highest BCUT2D eigenvalue weighted by molar-refractivity contribution is 5.87. The number of aryl methyl sites for hydroxylation is 3. The normalized spacial score (nSPS) is 20.6. The fourth-order valence-electron chi connectivity index (χ4n) is 4.84. The van der Waals surface area contributed by atoms with Gasteiger partial charge in [0, 0.05) is 18.9 Å². The second-order valence-electron chi connectivity index (χ2n) is 11.1. The number of hydrogen-bond acceptors (Lipinski definition) is 11. The van der Waals surface area contributed by atoms with Gasteiger partial charge in [0.2, 0.25) is 0 Å². The fourth-order valence-corrected chi connectivity index (χ4v) is 4.84. The number of carbonyl (C=O) groups excluding carboxylic acids is 2. The Hall–Kier alpha value is -4.42. The first kappa shape index (κ1) is 33.5. The Bertz CT molecular complexity index is 1480. The van der Waals surface area contributed by atoms with Crippen LogP contribution in [-0.4, -0.2) is 79.7 Å². The Morgan fingerprint density at radius 2 is 1.60 bits per heavy atom. The third kappa shape index (κ3) is 9.79. The van der Waals surface area contributed by atoms with E-state index >= 15 is 0 Å². The highest BCUT2D eigenvalue weighted by Gasteiger charge is 2.43. The van der Waals surface area contributed by atoms with E-state index in [2.05, 4.69) is 0 Å². The molecule has 0 aromatic heterocycles. The Balaban J connectivity index is 1.46.